The normalized spacial score (nSPS) is 16.0. The molecule has 1 saturated heterocycles. The van der Waals surface area contributed by atoms with E-state index >= 15 is 0 Å². The number of hydrogen-bond donors (Lipinski definition) is 2. The number of nitrogens with zero attached hydrogens (tertiary/aromatic N) is 2. The van der Waals surface area contributed by atoms with Gasteiger partial charge in [-0.25, -0.2) is 13.6 Å². The van der Waals surface area contributed by atoms with E-state index in [4.69, 9.17) is 5.14 Å². The summed E-state index contributed by atoms with van der Waals surface area (Å²) in [6, 6.07) is 14.1. The summed E-state index contributed by atoms with van der Waals surface area (Å²) >= 11 is 0. The number of piperazine rings is 1. The van der Waals surface area contributed by atoms with E-state index in [9.17, 15) is 13.2 Å². The van der Waals surface area contributed by atoms with Crippen molar-refractivity contribution in [3.05, 3.63) is 59.7 Å². The molecule has 1 atom stereocenters. The monoisotopic (exact) mass is 438 g/mol. The number of likely N-dealkylation sites (N-methyl/N-ethyl adjacent to an activating group) is 1. The first-order valence-electron chi connectivity index (χ1n) is 9.22. The molecule has 2 aromatic rings. The number of hydrogen-bond acceptors (Lipinski definition) is 5. The molecule has 2 aromatic carbocycles. The molecular formula is C20H27ClN4O3S. The molecule has 1 unspecified atom stereocenters. The number of halogens is 1. The first-order chi connectivity index (χ1) is 13.3. The Morgan fingerprint density at radius 1 is 1.07 bits per heavy atom. The second kappa shape index (κ2) is 9.58. The molecule has 1 fully saturated rings. The van der Waals surface area contributed by atoms with Gasteiger partial charge >= 0.3 is 0 Å². The number of nitrogens with two attached hydrogens (primary N) is 1. The standard InChI is InChI=1S/C20H26N4O3S.ClH/c1-15(16-6-4-3-5-7-16)22-20(25)17-8-9-18(19(14-17)28(21,26)27)24-12-10-23(2)11-13-24;/h3-9,14-15H,10-13H2,1-2H3,(H,22,25)(H2,21,26,27);1H. The van der Waals surface area contributed by atoms with Crippen molar-refractivity contribution in [1.82, 2.24) is 10.2 Å². The molecule has 0 radical (unpaired) electrons. The fourth-order valence-corrected chi connectivity index (χ4v) is 4.08. The third-order valence-corrected chi connectivity index (χ3v) is 5.96. The molecule has 0 spiro atoms. The van der Waals surface area contributed by atoms with Crippen LogP contribution in [0.5, 0.6) is 0 Å². The van der Waals surface area contributed by atoms with Gasteiger partial charge in [0.15, 0.2) is 0 Å². The molecule has 3 rings (SSSR count). The molecule has 0 aliphatic carbocycles. The predicted octanol–water partition coefficient (Wildman–Crippen LogP) is 2.00. The molecule has 7 nitrogen and oxygen atoms in total. The first kappa shape index (κ1) is 23.2. The summed E-state index contributed by atoms with van der Waals surface area (Å²) in [7, 11) is -1.94. The van der Waals surface area contributed by atoms with E-state index in [1.165, 1.54) is 6.07 Å². The van der Waals surface area contributed by atoms with Gasteiger partial charge in [0.05, 0.1) is 11.7 Å². The van der Waals surface area contributed by atoms with Gasteiger partial charge in [-0.3, -0.25) is 4.79 Å². The highest BCUT2D eigenvalue weighted by Gasteiger charge is 2.23. The van der Waals surface area contributed by atoms with Crippen molar-refractivity contribution in [2.24, 2.45) is 5.14 Å². The maximum atomic E-state index is 12.7. The highest BCUT2D eigenvalue weighted by molar-refractivity contribution is 7.89. The van der Waals surface area contributed by atoms with Crippen LogP contribution in [0, 0.1) is 0 Å². The highest BCUT2D eigenvalue weighted by atomic mass is 35.5. The maximum Gasteiger partial charge on any atom is 0.251 e. The van der Waals surface area contributed by atoms with Crippen molar-refractivity contribution in [3.8, 4) is 0 Å². The van der Waals surface area contributed by atoms with Crippen LogP contribution < -0.4 is 15.4 Å². The zero-order chi connectivity index (χ0) is 20.3. The van der Waals surface area contributed by atoms with Gasteiger partial charge in [-0.1, -0.05) is 30.3 Å². The van der Waals surface area contributed by atoms with E-state index in [0.29, 0.717) is 18.8 Å². The number of nitrogens with one attached hydrogen (secondary N) is 1. The van der Waals surface area contributed by atoms with Gasteiger partial charge in [0, 0.05) is 31.7 Å². The maximum absolute atomic E-state index is 12.7. The van der Waals surface area contributed by atoms with Crippen molar-refractivity contribution in [3.63, 3.8) is 0 Å². The highest BCUT2D eigenvalue weighted by Crippen LogP contribution is 2.27. The van der Waals surface area contributed by atoms with Gasteiger partial charge in [-0.15, -0.1) is 12.4 Å². The van der Waals surface area contributed by atoms with E-state index in [-0.39, 0.29) is 34.8 Å². The van der Waals surface area contributed by atoms with Crippen LogP contribution in [0.15, 0.2) is 53.4 Å². The van der Waals surface area contributed by atoms with E-state index in [1.807, 2.05) is 49.2 Å². The Morgan fingerprint density at radius 2 is 1.69 bits per heavy atom. The predicted molar refractivity (Wildman–Crippen MR) is 117 cm³/mol. The quantitative estimate of drug-likeness (QED) is 0.744. The summed E-state index contributed by atoms with van der Waals surface area (Å²) in [5.41, 5.74) is 1.78. The Labute approximate surface area is 178 Å². The fraction of sp³-hybridized carbons (Fsp3) is 0.350. The molecule has 29 heavy (non-hydrogen) atoms. The van der Waals surface area contributed by atoms with Crippen LogP contribution in [0.1, 0.15) is 28.9 Å². The Morgan fingerprint density at radius 3 is 2.28 bits per heavy atom. The number of carbonyl (C=O) groups excluding carboxylic acids is 1. The zero-order valence-electron chi connectivity index (χ0n) is 16.5. The van der Waals surface area contributed by atoms with Crippen LogP contribution >= 0.6 is 12.4 Å². The Kier molecular flexibility index (Phi) is 7.65. The molecule has 1 amide bonds. The van der Waals surface area contributed by atoms with Gasteiger partial charge in [0.25, 0.3) is 5.91 Å². The lowest BCUT2D eigenvalue weighted by atomic mass is 10.1. The summed E-state index contributed by atoms with van der Waals surface area (Å²) < 4.78 is 24.4. The lowest BCUT2D eigenvalue weighted by Crippen LogP contribution is -2.45. The van der Waals surface area contributed by atoms with Gasteiger partial charge in [0.2, 0.25) is 10.0 Å². The Hall–Kier alpha value is -2.13. The van der Waals surface area contributed by atoms with Crippen LogP contribution in [0.2, 0.25) is 0 Å². The van der Waals surface area contributed by atoms with Crippen LogP contribution in [-0.2, 0) is 10.0 Å². The van der Waals surface area contributed by atoms with Gasteiger partial charge in [-0.2, -0.15) is 0 Å². The van der Waals surface area contributed by atoms with Crippen LogP contribution in [0.25, 0.3) is 0 Å². The third kappa shape index (κ3) is 5.70. The molecule has 0 bridgehead atoms. The first-order valence-corrected chi connectivity index (χ1v) is 10.8. The number of rotatable bonds is 5. The number of sulfonamides is 1. The van der Waals surface area contributed by atoms with Crippen molar-refractivity contribution >= 4 is 34.0 Å². The molecule has 1 heterocycles. The lowest BCUT2D eigenvalue weighted by Gasteiger charge is -2.35. The Balaban J connectivity index is 0.00000300. The van der Waals surface area contributed by atoms with E-state index < -0.39 is 10.0 Å². The molecule has 9 heteroatoms. The molecule has 1 aliphatic heterocycles. The number of benzene rings is 2. The second-order valence-electron chi connectivity index (χ2n) is 7.12. The molecule has 158 valence electrons. The van der Waals surface area contributed by atoms with Gasteiger partial charge in [-0.05, 0) is 37.7 Å². The molecule has 3 N–H and O–H groups in total. The van der Waals surface area contributed by atoms with Crippen molar-refractivity contribution in [1.29, 1.82) is 0 Å². The lowest BCUT2D eigenvalue weighted by molar-refractivity contribution is 0.0939. The summed E-state index contributed by atoms with van der Waals surface area (Å²) in [6.07, 6.45) is 0. The number of anilines is 1. The van der Waals surface area contributed by atoms with E-state index in [1.54, 1.807) is 12.1 Å². The summed E-state index contributed by atoms with van der Waals surface area (Å²) in [4.78, 5) is 16.8. The van der Waals surface area contributed by atoms with Gasteiger partial charge < -0.3 is 15.1 Å². The van der Waals surface area contributed by atoms with Crippen LogP contribution in [-0.4, -0.2) is 52.5 Å². The number of primary sulfonamides is 1. The molecule has 1 aliphatic rings. The smallest absolute Gasteiger partial charge is 0.251 e. The average molecular weight is 439 g/mol. The van der Waals surface area contributed by atoms with Crippen molar-refractivity contribution in [2.45, 2.75) is 17.9 Å². The largest absolute Gasteiger partial charge is 0.368 e. The molecule has 0 aromatic heterocycles. The minimum Gasteiger partial charge on any atom is -0.368 e. The third-order valence-electron chi connectivity index (χ3n) is 5.02. The topological polar surface area (TPSA) is 95.7 Å². The van der Waals surface area contributed by atoms with Gasteiger partial charge in [0.1, 0.15) is 4.90 Å². The fourth-order valence-electron chi connectivity index (χ4n) is 3.30. The minimum absolute atomic E-state index is 0. The van der Waals surface area contributed by atoms with Crippen molar-refractivity contribution < 1.29 is 13.2 Å². The average Bonchev–Trinajstić information content (AvgIpc) is 2.68. The van der Waals surface area contributed by atoms with E-state index in [2.05, 4.69) is 10.2 Å². The summed E-state index contributed by atoms with van der Waals surface area (Å²) in [5, 5.41) is 8.36. The molecular weight excluding hydrogens is 412 g/mol. The zero-order valence-corrected chi connectivity index (χ0v) is 18.2. The summed E-state index contributed by atoms with van der Waals surface area (Å²) in [5.74, 6) is -0.341. The van der Waals surface area contributed by atoms with Crippen LogP contribution in [0.4, 0.5) is 5.69 Å². The molecule has 0 saturated carbocycles. The SMILES string of the molecule is CC(NC(=O)c1ccc(N2CCN(C)CC2)c(S(N)(=O)=O)c1)c1ccccc1.Cl. The van der Waals surface area contributed by atoms with E-state index in [0.717, 1.165) is 18.7 Å². The minimum atomic E-state index is -3.97. The second-order valence-corrected chi connectivity index (χ2v) is 8.65. The van der Waals surface area contributed by atoms with Crippen LogP contribution in [0.3, 0.4) is 0 Å². The summed E-state index contributed by atoms with van der Waals surface area (Å²) in [6.45, 7) is 4.96. The number of amides is 1. The van der Waals surface area contributed by atoms with Crippen molar-refractivity contribution in [2.75, 3.05) is 38.1 Å². The Bertz CT molecular complexity index is 945. The number of carbonyl (C=O) groups is 1.